The number of benzene rings is 2. The lowest BCUT2D eigenvalue weighted by molar-refractivity contribution is 0.107. The van der Waals surface area contributed by atoms with E-state index >= 15 is 0 Å². The van der Waals surface area contributed by atoms with Gasteiger partial charge in [0.1, 0.15) is 5.84 Å². The minimum atomic E-state index is 0.0777. The molecule has 0 saturated carbocycles. The number of nitrogens with one attached hydrogen (secondary N) is 1. The Hall–Kier alpha value is -2.13. The van der Waals surface area contributed by atoms with Gasteiger partial charge in [0.25, 0.3) is 0 Å². The molecule has 2 aromatic carbocycles. The lowest BCUT2D eigenvalue weighted by Gasteiger charge is -2.09. The van der Waals surface area contributed by atoms with Gasteiger partial charge in [-0.05, 0) is 11.1 Å². The quantitative estimate of drug-likeness (QED) is 0.623. The number of rotatable bonds is 5. The van der Waals surface area contributed by atoms with Crippen molar-refractivity contribution < 1.29 is 4.74 Å². The van der Waals surface area contributed by atoms with Crippen molar-refractivity contribution in [2.45, 2.75) is 13.2 Å². The van der Waals surface area contributed by atoms with Gasteiger partial charge in [-0.25, -0.2) is 0 Å². The molecule has 0 saturated heterocycles. The lowest BCUT2D eigenvalue weighted by Crippen LogP contribution is -2.14. The zero-order chi connectivity index (χ0) is 12.8. The third-order valence-corrected chi connectivity index (χ3v) is 2.68. The number of nitrogens with two attached hydrogens (primary N) is 1. The van der Waals surface area contributed by atoms with Crippen molar-refractivity contribution in [1.82, 2.24) is 0 Å². The summed E-state index contributed by atoms with van der Waals surface area (Å²) in [6.45, 7) is 1.03. The molecule has 0 unspecified atom stereocenters. The molecule has 0 amide bonds. The molecule has 3 heteroatoms. The molecule has 0 bridgehead atoms. The van der Waals surface area contributed by atoms with Crippen LogP contribution in [-0.2, 0) is 18.0 Å². The molecule has 2 aromatic rings. The van der Waals surface area contributed by atoms with Crippen LogP contribution in [0, 0.1) is 5.41 Å². The first-order valence-corrected chi connectivity index (χ1v) is 5.81. The van der Waals surface area contributed by atoms with Gasteiger partial charge in [-0.3, -0.25) is 5.41 Å². The van der Waals surface area contributed by atoms with Gasteiger partial charge in [0, 0.05) is 5.56 Å². The van der Waals surface area contributed by atoms with E-state index in [1.54, 1.807) is 0 Å². The van der Waals surface area contributed by atoms with E-state index in [2.05, 4.69) is 0 Å². The number of ether oxygens (including phenoxy) is 1. The highest BCUT2D eigenvalue weighted by molar-refractivity contribution is 5.96. The standard InChI is InChI=1S/C15H16N2O/c16-15(17)14-9-5-4-8-13(14)11-18-10-12-6-2-1-3-7-12/h1-9H,10-11H2,(H3,16,17). The van der Waals surface area contributed by atoms with Gasteiger partial charge in [0.05, 0.1) is 13.2 Å². The maximum absolute atomic E-state index is 7.50. The SMILES string of the molecule is N=C(N)c1ccccc1COCc1ccccc1. The van der Waals surface area contributed by atoms with Crippen LogP contribution in [0.1, 0.15) is 16.7 Å². The van der Waals surface area contributed by atoms with Crippen LogP contribution in [0.25, 0.3) is 0 Å². The van der Waals surface area contributed by atoms with E-state index in [1.165, 1.54) is 0 Å². The summed E-state index contributed by atoms with van der Waals surface area (Å²) >= 11 is 0. The molecule has 92 valence electrons. The highest BCUT2D eigenvalue weighted by Gasteiger charge is 2.04. The van der Waals surface area contributed by atoms with E-state index in [1.807, 2.05) is 54.6 Å². The van der Waals surface area contributed by atoms with E-state index in [0.717, 1.165) is 16.7 Å². The van der Waals surface area contributed by atoms with Crippen molar-refractivity contribution in [2.24, 2.45) is 5.73 Å². The molecule has 0 fully saturated rings. The molecule has 0 heterocycles. The van der Waals surface area contributed by atoms with Crippen molar-refractivity contribution in [2.75, 3.05) is 0 Å². The maximum atomic E-state index is 7.50. The summed E-state index contributed by atoms with van der Waals surface area (Å²) in [6, 6.07) is 17.6. The molecule has 3 nitrogen and oxygen atoms in total. The first-order chi connectivity index (χ1) is 8.77. The van der Waals surface area contributed by atoms with Crippen LogP contribution in [0.5, 0.6) is 0 Å². The van der Waals surface area contributed by atoms with Gasteiger partial charge in [-0.1, -0.05) is 54.6 Å². The van der Waals surface area contributed by atoms with E-state index in [-0.39, 0.29) is 5.84 Å². The zero-order valence-corrected chi connectivity index (χ0v) is 10.1. The molecular weight excluding hydrogens is 224 g/mol. The second kappa shape index (κ2) is 5.98. The number of hydrogen-bond donors (Lipinski definition) is 2. The van der Waals surface area contributed by atoms with Crippen LogP contribution < -0.4 is 5.73 Å². The molecule has 18 heavy (non-hydrogen) atoms. The third kappa shape index (κ3) is 3.18. The molecule has 3 N–H and O–H groups in total. The van der Waals surface area contributed by atoms with Gasteiger partial charge in [-0.15, -0.1) is 0 Å². The molecule has 0 aliphatic heterocycles. The Morgan fingerprint density at radius 3 is 2.33 bits per heavy atom. The number of amidine groups is 1. The van der Waals surface area contributed by atoms with E-state index in [4.69, 9.17) is 15.9 Å². The van der Waals surface area contributed by atoms with Crippen LogP contribution in [-0.4, -0.2) is 5.84 Å². The minimum Gasteiger partial charge on any atom is -0.384 e. The molecule has 0 aromatic heterocycles. The van der Waals surface area contributed by atoms with Gasteiger partial charge in [0.15, 0.2) is 0 Å². The number of nitrogen functional groups attached to an aromatic ring is 1. The van der Waals surface area contributed by atoms with Gasteiger partial charge in [0.2, 0.25) is 0 Å². The average Bonchev–Trinajstić information content (AvgIpc) is 2.40. The summed E-state index contributed by atoms with van der Waals surface area (Å²) in [5.41, 5.74) is 8.35. The Bertz CT molecular complexity index is 523. The Kier molecular flexibility index (Phi) is 4.10. The average molecular weight is 240 g/mol. The van der Waals surface area contributed by atoms with E-state index < -0.39 is 0 Å². The summed E-state index contributed by atoms with van der Waals surface area (Å²) < 4.78 is 5.64. The summed E-state index contributed by atoms with van der Waals surface area (Å²) in [5, 5.41) is 7.50. The Morgan fingerprint density at radius 2 is 1.61 bits per heavy atom. The first kappa shape index (κ1) is 12.3. The Labute approximate surface area is 107 Å². The monoisotopic (exact) mass is 240 g/mol. The predicted octanol–water partition coefficient (Wildman–Crippen LogP) is 2.69. The summed E-state index contributed by atoms with van der Waals surface area (Å²) in [5.74, 6) is 0.0777. The minimum absolute atomic E-state index is 0.0777. The molecule has 0 aliphatic carbocycles. The van der Waals surface area contributed by atoms with E-state index in [0.29, 0.717) is 13.2 Å². The second-order valence-corrected chi connectivity index (χ2v) is 4.05. The Balaban J connectivity index is 1.97. The molecule has 0 radical (unpaired) electrons. The second-order valence-electron chi connectivity index (χ2n) is 4.05. The first-order valence-electron chi connectivity index (χ1n) is 5.81. The topological polar surface area (TPSA) is 59.1 Å². The Morgan fingerprint density at radius 1 is 0.944 bits per heavy atom. The maximum Gasteiger partial charge on any atom is 0.123 e. The number of hydrogen-bond acceptors (Lipinski definition) is 2. The zero-order valence-electron chi connectivity index (χ0n) is 10.1. The summed E-state index contributed by atoms with van der Waals surface area (Å²) in [6.07, 6.45) is 0. The normalized spacial score (nSPS) is 10.2. The van der Waals surface area contributed by atoms with Gasteiger partial charge >= 0.3 is 0 Å². The highest BCUT2D eigenvalue weighted by Crippen LogP contribution is 2.11. The smallest absolute Gasteiger partial charge is 0.123 e. The molecule has 0 aliphatic rings. The highest BCUT2D eigenvalue weighted by atomic mass is 16.5. The largest absolute Gasteiger partial charge is 0.384 e. The molecule has 2 rings (SSSR count). The summed E-state index contributed by atoms with van der Waals surface area (Å²) in [4.78, 5) is 0. The molecule has 0 spiro atoms. The van der Waals surface area contributed by atoms with Gasteiger partial charge in [-0.2, -0.15) is 0 Å². The molecule has 0 atom stereocenters. The predicted molar refractivity (Wildman–Crippen MR) is 72.4 cm³/mol. The van der Waals surface area contributed by atoms with Crippen LogP contribution in [0.4, 0.5) is 0 Å². The van der Waals surface area contributed by atoms with Crippen molar-refractivity contribution >= 4 is 5.84 Å². The summed E-state index contributed by atoms with van der Waals surface area (Å²) in [7, 11) is 0. The van der Waals surface area contributed by atoms with Crippen LogP contribution in [0.3, 0.4) is 0 Å². The fourth-order valence-corrected chi connectivity index (χ4v) is 1.76. The van der Waals surface area contributed by atoms with Crippen molar-refractivity contribution in [1.29, 1.82) is 5.41 Å². The fourth-order valence-electron chi connectivity index (χ4n) is 1.76. The van der Waals surface area contributed by atoms with Crippen LogP contribution >= 0.6 is 0 Å². The fraction of sp³-hybridized carbons (Fsp3) is 0.133. The van der Waals surface area contributed by atoms with Gasteiger partial charge < -0.3 is 10.5 Å². The molecular formula is C15H16N2O. The van der Waals surface area contributed by atoms with Crippen molar-refractivity contribution in [3.05, 3.63) is 71.3 Å². The van der Waals surface area contributed by atoms with E-state index in [9.17, 15) is 0 Å². The van der Waals surface area contributed by atoms with Crippen LogP contribution in [0.2, 0.25) is 0 Å². The van der Waals surface area contributed by atoms with Crippen LogP contribution in [0.15, 0.2) is 54.6 Å². The third-order valence-electron chi connectivity index (χ3n) is 2.68. The van der Waals surface area contributed by atoms with Crippen molar-refractivity contribution in [3.63, 3.8) is 0 Å². The van der Waals surface area contributed by atoms with Crippen molar-refractivity contribution in [3.8, 4) is 0 Å². The lowest BCUT2D eigenvalue weighted by atomic mass is 10.1.